The standard InChI is InChI=1S/C26H26N4OS/c1-17-9-10-21-22(15-17)32-25-23(21)24(27-16-28-25)29-11-13-30(14-12-29)26(31)20-8-4-6-18-5-2-3-7-19(18)20/h2-8,16-17H,9-15H2,1H3. The number of amides is 1. The second kappa shape index (κ2) is 7.85. The summed E-state index contributed by atoms with van der Waals surface area (Å²) in [6, 6.07) is 14.1. The molecule has 1 aliphatic heterocycles. The number of anilines is 1. The van der Waals surface area contributed by atoms with Crippen molar-refractivity contribution in [3.8, 4) is 0 Å². The minimum absolute atomic E-state index is 0.121. The van der Waals surface area contributed by atoms with Crippen LogP contribution in [-0.2, 0) is 12.8 Å². The zero-order valence-electron chi connectivity index (χ0n) is 18.3. The maximum absolute atomic E-state index is 13.3. The smallest absolute Gasteiger partial charge is 0.254 e. The van der Waals surface area contributed by atoms with Gasteiger partial charge >= 0.3 is 0 Å². The second-order valence-electron chi connectivity index (χ2n) is 9.04. The average molecular weight is 443 g/mol. The molecule has 1 unspecified atom stereocenters. The van der Waals surface area contributed by atoms with Crippen molar-refractivity contribution in [2.75, 3.05) is 31.1 Å². The van der Waals surface area contributed by atoms with Gasteiger partial charge in [-0.1, -0.05) is 43.3 Å². The van der Waals surface area contributed by atoms with Gasteiger partial charge < -0.3 is 9.80 Å². The van der Waals surface area contributed by atoms with Gasteiger partial charge in [0.15, 0.2) is 0 Å². The first-order valence-corrected chi connectivity index (χ1v) is 12.3. The normalized spacial score (nSPS) is 18.8. The molecule has 0 N–H and O–H groups in total. The minimum atomic E-state index is 0.121. The molecule has 32 heavy (non-hydrogen) atoms. The van der Waals surface area contributed by atoms with E-state index in [4.69, 9.17) is 4.98 Å². The first kappa shape index (κ1) is 19.7. The summed E-state index contributed by atoms with van der Waals surface area (Å²) in [6.45, 7) is 5.34. The van der Waals surface area contributed by atoms with Gasteiger partial charge in [0.2, 0.25) is 0 Å². The third-order valence-electron chi connectivity index (χ3n) is 6.96. The number of fused-ring (bicyclic) bond motifs is 4. The molecule has 6 rings (SSSR count). The van der Waals surface area contributed by atoms with Crippen LogP contribution in [0.15, 0.2) is 48.8 Å². The quantitative estimate of drug-likeness (QED) is 0.442. The third-order valence-corrected chi connectivity index (χ3v) is 8.12. The third kappa shape index (κ3) is 3.25. The maximum atomic E-state index is 13.3. The number of piperazine rings is 1. The number of nitrogens with zero attached hydrogens (tertiary/aromatic N) is 4. The number of hydrogen-bond donors (Lipinski definition) is 0. The van der Waals surface area contributed by atoms with Gasteiger partial charge in [0.25, 0.3) is 5.91 Å². The molecule has 6 heteroatoms. The van der Waals surface area contributed by atoms with Crippen molar-refractivity contribution >= 4 is 44.1 Å². The Morgan fingerprint density at radius 3 is 2.72 bits per heavy atom. The van der Waals surface area contributed by atoms with Crippen LogP contribution in [0.1, 0.15) is 34.1 Å². The Balaban J connectivity index is 1.25. The molecule has 1 saturated heterocycles. The van der Waals surface area contributed by atoms with E-state index >= 15 is 0 Å². The van der Waals surface area contributed by atoms with Gasteiger partial charge in [-0.15, -0.1) is 11.3 Å². The second-order valence-corrected chi connectivity index (χ2v) is 10.1. The zero-order chi connectivity index (χ0) is 21.7. The molecule has 1 fully saturated rings. The fraction of sp³-hybridized carbons (Fsp3) is 0.346. The van der Waals surface area contributed by atoms with Gasteiger partial charge in [0.1, 0.15) is 17.0 Å². The summed E-state index contributed by atoms with van der Waals surface area (Å²) in [7, 11) is 0. The van der Waals surface area contributed by atoms with Crippen LogP contribution < -0.4 is 4.90 Å². The van der Waals surface area contributed by atoms with Crippen LogP contribution in [0.5, 0.6) is 0 Å². The number of hydrogen-bond acceptors (Lipinski definition) is 5. The average Bonchev–Trinajstić information content (AvgIpc) is 3.21. The van der Waals surface area contributed by atoms with Crippen molar-refractivity contribution in [3.05, 3.63) is 64.8 Å². The zero-order valence-corrected chi connectivity index (χ0v) is 19.1. The molecule has 2 aromatic carbocycles. The first-order chi connectivity index (χ1) is 15.7. The lowest BCUT2D eigenvalue weighted by Crippen LogP contribution is -2.49. The minimum Gasteiger partial charge on any atom is -0.352 e. The van der Waals surface area contributed by atoms with Crippen molar-refractivity contribution in [2.45, 2.75) is 26.2 Å². The first-order valence-electron chi connectivity index (χ1n) is 11.5. The van der Waals surface area contributed by atoms with E-state index < -0.39 is 0 Å². The SMILES string of the molecule is CC1CCc2c(sc3ncnc(N4CCN(C(=O)c5cccc6ccccc56)CC4)c23)C1. The number of benzene rings is 2. The Hall–Kier alpha value is -2.99. The Kier molecular flexibility index (Phi) is 4.83. The number of aromatic nitrogens is 2. The van der Waals surface area contributed by atoms with Gasteiger partial charge in [-0.3, -0.25) is 4.79 Å². The summed E-state index contributed by atoms with van der Waals surface area (Å²) >= 11 is 1.84. The van der Waals surface area contributed by atoms with Gasteiger partial charge in [0, 0.05) is 36.6 Å². The van der Waals surface area contributed by atoms with Gasteiger partial charge in [-0.05, 0) is 47.6 Å². The summed E-state index contributed by atoms with van der Waals surface area (Å²) < 4.78 is 0. The van der Waals surface area contributed by atoms with E-state index in [-0.39, 0.29) is 5.91 Å². The molecule has 1 aliphatic carbocycles. The molecule has 0 bridgehead atoms. The van der Waals surface area contributed by atoms with Crippen molar-refractivity contribution in [1.82, 2.24) is 14.9 Å². The van der Waals surface area contributed by atoms with Gasteiger partial charge in [-0.25, -0.2) is 9.97 Å². The van der Waals surface area contributed by atoms with Crippen LogP contribution >= 0.6 is 11.3 Å². The van der Waals surface area contributed by atoms with E-state index in [1.54, 1.807) is 6.33 Å². The molecular weight excluding hydrogens is 416 g/mol. The predicted octanol–water partition coefficient (Wildman–Crippen LogP) is 4.93. The number of carbonyl (C=O) groups is 1. The molecular formula is C26H26N4OS. The van der Waals surface area contributed by atoms with E-state index in [2.05, 4.69) is 28.9 Å². The highest BCUT2D eigenvalue weighted by atomic mass is 32.1. The number of thiophene rings is 1. The monoisotopic (exact) mass is 442 g/mol. The van der Waals surface area contributed by atoms with E-state index in [9.17, 15) is 4.79 Å². The molecule has 162 valence electrons. The molecule has 2 aromatic heterocycles. The largest absolute Gasteiger partial charge is 0.352 e. The highest BCUT2D eigenvalue weighted by Crippen LogP contribution is 2.40. The summed E-state index contributed by atoms with van der Waals surface area (Å²) in [5.41, 5.74) is 2.26. The lowest BCUT2D eigenvalue weighted by molar-refractivity contribution is 0.0748. The molecule has 4 aromatic rings. The Labute approximate surface area is 191 Å². The summed E-state index contributed by atoms with van der Waals surface area (Å²) in [4.78, 5) is 29.6. The molecule has 5 nitrogen and oxygen atoms in total. The molecule has 1 atom stereocenters. The van der Waals surface area contributed by atoms with E-state index in [0.29, 0.717) is 13.1 Å². The van der Waals surface area contributed by atoms with Crippen LogP contribution in [0.25, 0.3) is 21.0 Å². The fourth-order valence-electron chi connectivity index (χ4n) is 5.20. The highest BCUT2D eigenvalue weighted by Gasteiger charge is 2.28. The number of aryl methyl sites for hydroxylation is 1. The summed E-state index contributed by atoms with van der Waals surface area (Å²) in [6.07, 6.45) is 5.22. The van der Waals surface area contributed by atoms with E-state index in [0.717, 1.165) is 58.8 Å². The topological polar surface area (TPSA) is 49.3 Å². The highest BCUT2D eigenvalue weighted by molar-refractivity contribution is 7.19. The summed E-state index contributed by atoms with van der Waals surface area (Å²) in [5.74, 6) is 1.92. The molecule has 0 saturated carbocycles. The van der Waals surface area contributed by atoms with E-state index in [1.807, 2.05) is 46.6 Å². The molecule has 3 heterocycles. The Morgan fingerprint density at radius 2 is 1.84 bits per heavy atom. The van der Waals surface area contributed by atoms with Gasteiger partial charge in [0.05, 0.1) is 5.39 Å². The fourth-order valence-corrected chi connectivity index (χ4v) is 6.55. The van der Waals surface area contributed by atoms with Crippen LogP contribution in [0.4, 0.5) is 5.82 Å². The van der Waals surface area contributed by atoms with Crippen molar-refractivity contribution < 1.29 is 4.79 Å². The lowest BCUT2D eigenvalue weighted by atomic mass is 9.89. The number of rotatable bonds is 2. The molecule has 0 radical (unpaired) electrons. The van der Waals surface area contributed by atoms with Crippen LogP contribution in [0.2, 0.25) is 0 Å². The predicted molar refractivity (Wildman–Crippen MR) is 131 cm³/mol. The van der Waals surface area contributed by atoms with Crippen molar-refractivity contribution in [3.63, 3.8) is 0 Å². The Bertz CT molecular complexity index is 1320. The Morgan fingerprint density at radius 1 is 1.03 bits per heavy atom. The lowest BCUT2D eigenvalue weighted by Gasteiger charge is -2.36. The van der Waals surface area contributed by atoms with Crippen LogP contribution in [0, 0.1) is 5.92 Å². The maximum Gasteiger partial charge on any atom is 0.254 e. The van der Waals surface area contributed by atoms with Gasteiger partial charge in [-0.2, -0.15) is 0 Å². The molecule has 0 spiro atoms. The summed E-state index contributed by atoms with van der Waals surface area (Å²) in [5, 5.41) is 3.39. The van der Waals surface area contributed by atoms with Crippen molar-refractivity contribution in [2.24, 2.45) is 5.92 Å². The van der Waals surface area contributed by atoms with Crippen LogP contribution in [-0.4, -0.2) is 47.0 Å². The number of carbonyl (C=O) groups excluding carboxylic acids is 1. The molecule has 2 aliphatic rings. The van der Waals surface area contributed by atoms with Crippen molar-refractivity contribution in [1.29, 1.82) is 0 Å². The molecule has 1 amide bonds. The van der Waals surface area contributed by atoms with Crippen LogP contribution in [0.3, 0.4) is 0 Å². The van der Waals surface area contributed by atoms with E-state index in [1.165, 1.54) is 22.2 Å².